The van der Waals surface area contributed by atoms with Crippen LogP contribution < -0.4 is 5.32 Å². The maximum Gasteiger partial charge on any atom is 0.250 e. The molecule has 9 heteroatoms. The molecule has 0 aliphatic rings. The van der Waals surface area contributed by atoms with Crippen LogP contribution in [-0.4, -0.2) is 26.4 Å². The van der Waals surface area contributed by atoms with Crippen molar-refractivity contribution in [2.75, 3.05) is 11.2 Å². The number of nitrogens with zero attached hydrogens (tertiary/aromatic N) is 3. The lowest BCUT2D eigenvalue weighted by atomic mass is 10.2. The molecular weight excluding hydrogens is 367 g/mol. The fourth-order valence-corrected chi connectivity index (χ4v) is 3.39. The molecular formula is C13H9Cl3N4OS. The van der Waals surface area contributed by atoms with Crippen LogP contribution in [0.15, 0.2) is 23.6 Å². The number of carbonyl (C=O) groups is 1. The number of anilines is 1. The molecule has 1 amide bonds. The molecule has 3 rings (SSSR count). The van der Waals surface area contributed by atoms with E-state index in [2.05, 4.69) is 15.4 Å². The summed E-state index contributed by atoms with van der Waals surface area (Å²) in [6, 6.07) is 5.24. The minimum atomic E-state index is -0.223. The van der Waals surface area contributed by atoms with Crippen LogP contribution in [0.2, 0.25) is 10.0 Å². The summed E-state index contributed by atoms with van der Waals surface area (Å²) in [4.78, 5) is 16.4. The van der Waals surface area contributed by atoms with E-state index >= 15 is 0 Å². The molecule has 3 aromatic rings. The van der Waals surface area contributed by atoms with Crippen LogP contribution in [0.4, 0.5) is 5.95 Å². The van der Waals surface area contributed by atoms with Gasteiger partial charge in [0.25, 0.3) is 0 Å². The minimum Gasteiger partial charge on any atom is -0.293 e. The molecule has 0 aliphatic carbocycles. The predicted octanol–water partition coefficient (Wildman–Crippen LogP) is 4.33. The Morgan fingerprint density at radius 3 is 2.91 bits per heavy atom. The van der Waals surface area contributed by atoms with Crippen molar-refractivity contribution in [1.82, 2.24) is 14.6 Å². The van der Waals surface area contributed by atoms with Gasteiger partial charge in [-0.2, -0.15) is 4.98 Å². The first-order chi connectivity index (χ1) is 10.6. The van der Waals surface area contributed by atoms with E-state index in [1.807, 2.05) is 11.4 Å². The second kappa shape index (κ2) is 6.42. The van der Waals surface area contributed by atoms with E-state index in [0.717, 1.165) is 11.3 Å². The standard InChI is InChI=1S/C13H9Cl3N4OS/c14-4-3-11(21)17-12-18-13-20(19-12)10(6-22-13)8-2-1-7(15)5-9(8)16/h1-2,5-6H,3-4H2,(H,17,19,21). The van der Waals surface area contributed by atoms with Crippen LogP contribution in [0.5, 0.6) is 0 Å². The minimum absolute atomic E-state index is 0.213. The summed E-state index contributed by atoms with van der Waals surface area (Å²) in [5, 5.41) is 9.88. The van der Waals surface area contributed by atoms with Gasteiger partial charge >= 0.3 is 0 Å². The summed E-state index contributed by atoms with van der Waals surface area (Å²) in [7, 11) is 0. The first-order valence-corrected chi connectivity index (χ1v) is 8.41. The van der Waals surface area contributed by atoms with E-state index in [1.54, 1.807) is 16.6 Å². The van der Waals surface area contributed by atoms with Crippen LogP contribution in [0.1, 0.15) is 6.42 Å². The summed E-state index contributed by atoms with van der Waals surface area (Å²) in [5.74, 6) is 0.271. The van der Waals surface area contributed by atoms with Gasteiger partial charge in [0.2, 0.25) is 16.8 Å². The van der Waals surface area contributed by atoms with Gasteiger partial charge in [-0.15, -0.1) is 28.0 Å². The molecule has 0 radical (unpaired) electrons. The van der Waals surface area contributed by atoms with Gasteiger partial charge in [0, 0.05) is 28.3 Å². The number of amides is 1. The Kier molecular flexibility index (Phi) is 4.54. The van der Waals surface area contributed by atoms with Crippen molar-refractivity contribution in [3.8, 4) is 11.3 Å². The van der Waals surface area contributed by atoms with Gasteiger partial charge < -0.3 is 0 Å². The van der Waals surface area contributed by atoms with E-state index in [4.69, 9.17) is 34.8 Å². The Balaban J connectivity index is 1.98. The number of hydrogen-bond acceptors (Lipinski definition) is 4. The average molecular weight is 376 g/mol. The Morgan fingerprint density at radius 2 is 2.18 bits per heavy atom. The lowest BCUT2D eigenvalue weighted by Gasteiger charge is -2.02. The zero-order valence-corrected chi connectivity index (χ0v) is 14.1. The molecule has 2 heterocycles. The van der Waals surface area contributed by atoms with E-state index in [0.29, 0.717) is 15.0 Å². The molecule has 22 heavy (non-hydrogen) atoms. The van der Waals surface area contributed by atoms with Crippen LogP contribution in [-0.2, 0) is 4.79 Å². The highest BCUT2D eigenvalue weighted by molar-refractivity contribution is 7.15. The molecule has 0 aliphatic heterocycles. The molecule has 1 aromatic carbocycles. The molecule has 0 unspecified atom stereocenters. The Labute approximate surface area is 144 Å². The second-order valence-electron chi connectivity index (χ2n) is 4.36. The summed E-state index contributed by atoms with van der Waals surface area (Å²) in [6.07, 6.45) is 0.213. The zero-order valence-electron chi connectivity index (χ0n) is 11.0. The van der Waals surface area contributed by atoms with Crippen molar-refractivity contribution in [3.05, 3.63) is 33.6 Å². The lowest BCUT2D eigenvalue weighted by Crippen LogP contribution is -2.12. The molecule has 1 N–H and O–H groups in total. The number of fused-ring (bicyclic) bond motifs is 1. The number of benzene rings is 1. The van der Waals surface area contributed by atoms with Gasteiger partial charge in [0.15, 0.2) is 0 Å². The Hall–Kier alpha value is -1.34. The normalized spacial score (nSPS) is 11.0. The number of carbonyl (C=O) groups excluding carboxylic acids is 1. The molecule has 0 saturated carbocycles. The molecule has 0 spiro atoms. The van der Waals surface area contributed by atoms with Crippen LogP contribution in [0.3, 0.4) is 0 Å². The summed E-state index contributed by atoms with van der Waals surface area (Å²) in [5.41, 5.74) is 1.58. The topological polar surface area (TPSA) is 59.3 Å². The van der Waals surface area contributed by atoms with Gasteiger partial charge in [-0.1, -0.05) is 23.2 Å². The number of thiazole rings is 1. The maximum absolute atomic E-state index is 11.5. The van der Waals surface area contributed by atoms with Crippen LogP contribution in [0, 0.1) is 0 Å². The van der Waals surface area contributed by atoms with Crippen molar-refractivity contribution >= 4 is 63.0 Å². The predicted molar refractivity (Wildman–Crippen MR) is 90.3 cm³/mol. The highest BCUT2D eigenvalue weighted by Crippen LogP contribution is 2.32. The van der Waals surface area contributed by atoms with E-state index in [-0.39, 0.29) is 24.2 Å². The lowest BCUT2D eigenvalue weighted by molar-refractivity contribution is -0.115. The third kappa shape index (κ3) is 3.05. The number of aromatic nitrogens is 3. The molecule has 0 fully saturated rings. The van der Waals surface area contributed by atoms with Crippen LogP contribution >= 0.6 is 46.1 Å². The molecule has 5 nitrogen and oxygen atoms in total. The van der Waals surface area contributed by atoms with Crippen molar-refractivity contribution in [1.29, 1.82) is 0 Å². The zero-order chi connectivity index (χ0) is 15.7. The first kappa shape index (κ1) is 15.6. The van der Waals surface area contributed by atoms with Crippen molar-refractivity contribution in [3.63, 3.8) is 0 Å². The fraction of sp³-hybridized carbons (Fsp3) is 0.154. The molecule has 0 saturated heterocycles. The third-order valence-corrected chi connectivity index (χ3v) is 4.41. The largest absolute Gasteiger partial charge is 0.293 e. The smallest absolute Gasteiger partial charge is 0.250 e. The number of hydrogen-bond donors (Lipinski definition) is 1. The highest BCUT2D eigenvalue weighted by atomic mass is 35.5. The second-order valence-corrected chi connectivity index (χ2v) is 6.42. The average Bonchev–Trinajstić information content (AvgIpc) is 2.99. The number of rotatable bonds is 4. The van der Waals surface area contributed by atoms with Crippen molar-refractivity contribution in [2.45, 2.75) is 6.42 Å². The van der Waals surface area contributed by atoms with Crippen molar-refractivity contribution < 1.29 is 4.79 Å². The monoisotopic (exact) mass is 374 g/mol. The van der Waals surface area contributed by atoms with Gasteiger partial charge in [-0.3, -0.25) is 10.1 Å². The summed E-state index contributed by atoms with van der Waals surface area (Å²) in [6.45, 7) is 0. The fourth-order valence-electron chi connectivity index (χ4n) is 1.89. The molecule has 0 bridgehead atoms. The van der Waals surface area contributed by atoms with Gasteiger partial charge in [-0.05, 0) is 18.2 Å². The van der Waals surface area contributed by atoms with Crippen molar-refractivity contribution in [2.24, 2.45) is 0 Å². The van der Waals surface area contributed by atoms with E-state index < -0.39 is 0 Å². The first-order valence-electron chi connectivity index (χ1n) is 6.24. The quantitative estimate of drug-likeness (QED) is 0.690. The highest BCUT2D eigenvalue weighted by Gasteiger charge is 2.15. The van der Waals surface area contributed by atoms with Gasteiger partial charge in [0.05, 0.1) is 10.7 Å². The van der Waals surface area contributed by atoms with E-state index in [9.17, 15) is 4.79 Å². The van der Waals surface area contributed by atoms with Gasteiger partial charge in [-0.25, -0.2) is 4.52 Å². The van der Waals surface area contributed by atoms with E-state index in [1.165, 1.54) is 11.3 Å². The Bertz CT molecular complexity index is 845. The maximum atomic E-state index is 11.5. The number of alkyl halides is 1. The molecule has 114 valence electrons. The summed E-state index contributed by atoms with van der Waals surface area (Å²) < 4.78 is 1.64. The summed E-state index contributed by atoms with van der Waals surface area (Å²) >= 11 is 19.1. The molecule has 0 atom stereocenters. The van der Waals surface area contributed by atoms with Gasteiger partial charge in [0.1, 0.15) is 0 Å². The Morgan fingerprint density at radius 1 is 1.36 bits per heavy atom. The van der Waals surface area contributed by atoms with Crippen LogP contribution in [0.25, 0.3) is 16.2 Å². The third-order valence-electron chi connectivity index (χ3n) is 2.86. The number of nitrogens with one attached hydrogen (secondary N) is 1. The number of halogens is 3. The molecule has 2 aromatic heterocycles. The SMILES string of the molecule is O=C(CCCl)Nc1nc2scc(-c3ccc(Cl)cc3Cl)n2n1.